The number of nitrogens with one attached hydrogen (secondary N) is 1. The van der Waals surface area contributed by atoms with E-state index in [-0.39, 0.29) is 11.4 Å². The summed E-state index contributed by atoms with van der Waals surface area (Å²) in [5, 5.41) is 0.527. The number of benzene rings is 2. The van der Waals surface area contributed by atoms with Crippen molar-refractivity contribution in [3.63, 3.8) is 0 Å². The highest BCUT2D eigenvalue weighted by Crippen LogP contribution is 2.27. The first kappa shape index (κ1) is 19.7. The van der Waals surface area contributed by atoms with Crippen molar-refractivity contribution in [1.29, 1.82) is 0 Å². The van der Waals surface area contributed by atoms with Crippen LogP contribution in [-0.2, 0) is 14.8 Å². The molecule has 2 rings (SSSR count). The minimum absolute atomic E-state index is 0.0576. The fourth-order valence-electron chi connectivity index (χ4n) is 2.42. The smallest absolute Gasteiger partial charge is 0.244 e. The number of aryl methyl sites for hydroxylation is 1. The number of hydrogen-bond acceptors (Lipinski definition) is 4. The lowest BCUT2D eigenvalue weighted by molar-refractivity contribution is 0.107. The van der Waals surface area contributed by atoms with Gasteiger partial charge >= 0.3 is 0 Å². The second kappa shape index (κ2) is 8.67. The van der Waals surface area contributed by atoms with Crippen molar-refractivity contribution >= 4 is 21.6 Å². The Kier molecular flexibility index (Phi) is 6.84. The summed E-state index contributed by atoms with van der Waals surface area (Å²) in [6.07, 6.45) is -0.496. The molecule has 136 valence electrons. The van der Waals surface area contributed by atoms with Crippen molar-refractivity contribution < 1.29 is 17.9 Å². The Morgan fingerprint density at radius 3 is 2.56 bits per heavy atom. The molecule has 0 amide bonds. The molecule has 25 heavy (non-hydrogen) atoms. The Labute approximate surface area is 154 Å². The van der Waals surface area contributed by atoms with Gasteiger partial charge in [-0.3, -0.25) is 0 Å². The van der Waals surface area contributed by atoms with Crippen molar-refractivity contribution in [2.75, 3.05) is 20.3 Å². The molecule has 0 spiro atoms. The first-order valence-electron chi connectivity index (χ1n) is 7.89. The molecule has 2 aromatic carbocycles. The lowest BCUT2D eigenvalue weighted by atomic mass is 10.1. The van der Waals surface area contributed by atoms with Crippen LogP contribution in [0.25, 0.3) is 0 Å². The van der Waals surface area contributed by atoms with E-state index in [4.69, 9.17) is 21.1 Å². The zero-order chi connectivity index (χ0) is 18.4. The molecule has 2 aromatic rings. The largest absolute Gasteiger partial charge is 0.492 e. The van der Waals surface area contributed by atoms with Gasteiger partial charge in [-0.25, -0.2) is 13.1 Å². The number of sulfonamides is 1. The SMILES string of the molecule is CCOc1ccc(C)cc1S(=O)(=O)NCC(OC)c1ccccc1Cl. The summed E-state index contributed by atoms with van der Waals surface area (Å²) in [7, 11) is -2.25. The minimum Gasteiger partial charge on any atom is -0.492 e. The van der Waals surface area contributed by atoms with Crippen molar-refractivity contribution in [3.05, 3.63) is 58.6 Å². The first-order chi connectivity index (χ1) is 11.9. The molecular formula is C18H22ClNO4S. The summed E-state index contributed by atoms with van der Waals surface area (Å²) in [5.41, 5.74) is 1.56. The van der Waals surface area contributed by atoms with E-state index in [2.05, 4.69) is 4.72 Å². The van der Waals surface area contributed by atoms with Gasteiger partial charge in [0, 0.05) is 24.2 Å². The van der Waals surface area contributed by atoms with E-state index in [9.17, 15) is 8.42 Å². The lowest BCUT2D eigenvalue weighted by Gasteiger charge is -2.19. The normalized spacial score (nSPS) is 12.8. The predicted octanol–water partition coefficient (Wildman–Crippen LogP) is 3.71. The third-order valence-electron chi connectivity index (χ3n) is 3.68. The molecule has 0 saturated carbocycles. The van der Waals surface area contributed by atoms with Crippen LogP contribution in [0.2, 0.25) is 5.02 Å². The van der Waals surface area contributed by atoms with Gasteiger partial charge in [0.2, 0.25) is 10.0 Å². The molecule has 0 aliphatic rings. The first-order valence-corrected chi connectivity index (χ1v) is 9.75. The topological polar surface area (TPSA) is 64.6 Å². The van der Waals surface area contributed by atoms with Crippen LogP contribution in [0, 0.1) is 6.92 Å². The maximum absolute atomic E-state index is 12.7. The Hall–Kier alpha value is -1.60. The van der Waals surface area contributed by atoms with E-state index in [0.717, 1.165) is 11.1 Å². The van der Waals surface area contributed by atoms with Crippen LogP contribution in [0.15, 0.2) is 47.4 Å². The fourth-order valence-corrected chi connectivity index (χ4v) is 3.94. The quantitative estimate of drug-likeness (QED) is 0.754. The molecule has 5 nitrogen and oxygen atoms in total. The molecule has 1 N–H and O–H groups in total. The lowest BCUT2D eigenvalue weighted by Crippen LogP contribution is -2.29. The van der Waals surface area contributed by atoms with Gasteiger partial charge in [-0.05, 0) is 37.6 Å². The summed E-state index contributed by atoms with van der Waals surface area (Å²) in [6, 6.07) is 12.2. The van der Waals surface area contributed by atoms with E-state index in [1.165, 1.54) is 7.11 Å². The van der Waals surface area contributed by atoms with Crippen LogP contribution in [0.1, 0.15) is 24.2 Å². The molecule has 0 aliphatic heterocycles. The van der Waals surface area contributed by atoms with Gasteiger partial charge in [0.05, 0.1) is 12.7 Å². The van der Waals surface area contributed by atoms with Crippen LogP contribution < -0.4 is 9.46 Å². The molecular weight excluding hydrogens is 362 g/mol. The number of rotatable bonds is 8. The second-order valence-electron chi connectivity index (χ2n) is 5.48. The van der Waals surface area contributed by atoms with Crippen LogP contribution in [0.5, 0.6) is 5.75 Å². The molecule has 1 atom stereocenters. The standard InChI is InChI=1S/C18H22ClNO4S/c1-4-24-16-10-9-13(2)11-18(16)25(21,22)20-12-17(23-3)14-7-5-6-8-15(14)19/h5-11,17,20H,4,12H2,1-3H3. The molecule has 0 bridgehead atoms. The summed E-state index contributed by atoms with van der Waals surface area (Å²) < 4.78 is 38.9. The number of halogens is 1. The zero-order valence-electron chi connectivity index (χ0n) is 14.5. The van der Waals surface area contributed by atoms with E-state index < -0.39 is 16.1 Å². The van der Waals surface area contributed by atoms with E-state index in [1.54, 1.807) is 18.2 Å². The van der Waals surface area contributed by atoms with E-state index in [1.807, 2.05) is 38.1 Å². The molecule has 0 saturated heterocycles. The molecule has 1 unspecified atom stereocenters. The van der Waals surface area contributed by atoms with Crippen LogP contribution in [0.3, 0.4) is 0 Å². The van der Waals surface area contributed by atoms with Crippen molar-refractivity contribution in [2.45, 2.75) is 24.8 Å². The van der Waals surface area contributed by atoms with E-state index >= 15 is 0 Å². The summed E-state index contributed by atoms with van der Waals surface area (Å²) >= 11 is 6.17. The number of hydrogen-bond donors (Lipinski definition) is 1. The third kappa shape index (κ3) is 4.95. The average molecular weight is 384 g/mol. The maximum atomic E-state index is 12.7. The Morgan fingerprint density at radius 2 is 1.92 bits per heavy atom. The predicted molar refractivity (Wildman–Crippen MR) is 98.7 cm³/mol. The third-order valence-corrected chi connectivity index (χ3v) is 5.47. The maximum Gasteiger partial charge on any atom is 0.244 e. The Morgan fingerprint density at radius 1 is 1.20 bits per heavy atom. The molecule has 0 fully saturated rings. The molecule has 0 aliphatic carbocycles. The van der Waals surface area contributed by atoms with E-state index in [0.29, 0.717) is 17.4 Å². The number of ether oxygens (including phenoxy) is 2. The van der Waals surface area contributed by atoms with Gasteiger partial charge < -0.3 is 9.47 Å². The molecule has 0 aromatic heterocycles. The van der Waals surface area contributed by atoms with Gasteiger partial charge in [-0.15, -0.1) is 0 Å². The van der Waals surface area contributed by atoms with Gasteiger partial charge in [0.1, 0.15) is 10.6 Å². The highest BCUT2D eigenvalue weighted by molar-refractivity contribution is 7.89. The summed E-state index contributed by atoms with van der Waals surface area (Å²) in [4.78, 5) is 0.114. The zero-order valence-corrected chi connectivity index (χ0v) is 16.0. The fraction of sp³-hybridized carbons (Fsp3) is 0.333. The van der Waals surface area contributed by atoms with Gasteiger partial charge in [-0.1, -0.05) is 35.9 Å². The van der Waals surface area contributed by atoms with Crippen molar-refractivity contribution in [2.24, 2.45) is 0 Å². The van der Waals surface area contributed by atoms with Crippen molar-refractivity contribution in [3.8, 4) is 5.75 Å². The van der Waals surface area contributed by atoms with Gasteiger partial charge in [-0.2, -0.15) is 0 Å². The van der Waals surface area contributed by atoms with Gasteiger partial charge in [0.25, 0.3) is 0 Å². The second-order valence-corrected chi connectivity index (χ2v) is 7.62. The molecule has 0 heterocycles. The monoisotopic (exact) mass is 383 g/mol. The highest BCUT2D eigenvalue weighted by atomic mass is 35.5. The highest BCUT2D eigenvalue weighted by Gasteiger charge is 2.23. The van der Waals surface area contributed by atoms with Gasteiger partial charge in [0.15, 0.2) is 0 Å². The number of methoxy groups -OCH3 is 1. The van der Waals surface area contributed by atoms with Crippen molar-refractivity contribution in [1.82, 2.24) is 4.72 Å². The summed E-state index contributed by atoms with van der Waals surface area (Å²) in [5.74, 6) is 0.326. The molecule has 0 radical (unpaired) electrons. The van der Waals surface area contributed by atoms with Crippen LogP contribution in [0.4, 0.5) is 0 Å². The average Bonchev–Trinajstić information content (AvgIpc) is 2.58. The summed E-state index contributed by atoms with van der Waals surface area (Å²) in [6.45, 7) is 4.08. The van der Waals surface area contributed by atoms with Crippen LogP contribution >= 0.6 is 11.6 Å². The molecule has 7 heteroatoms. The van der Waals surface area contributed by atoms with Crippen LogP contribution in [-0.4, -0.2) is 28.7 Å². The Balaban J connectivity index is 2.24. The Bertz CT molecular complexity index is 824. The minimum atomic E-state index is -3.76.